The second-order valence-corrected chi connectivity index (χ2v) is 6.98. The van der Waals surface area contributed by atoms with Crippen LogP contribution >= 0.6 is 0 Å². The number of rotatable bonds is 5. The number of carbonyl (C=O) groups is 3. The van der Waals surface area contributed by atoms with Crippen molar-refractivity contribution >= 4 is 23.7 Å². The number of likely N-dealkylation sites (N-methyl/N-ethyl adjacent to an activating group) is 1. The molecule has 0 radical (unpaired) electrons. The van der Waals surface area contributed by atoms with Crippen molar-refractivity contribution in [1.82, 2.24) is 20.4 Å². The Bertz CT molecular complexity index is 961. The lowest BCUT2D eigenvalue weighted by Crippen LogP contribution is -2.65. The van der Waals surface area contributed by atoms with Crippen molar-refractivity contribution in [3.8, 4) is 0 Å². The zero-order chi connectivity index (χ0) is 20.4. The van der Waals surface area contributed by atoms with Gasteiger partial charge in [0, 0.05) is 12.6 Å². The molecule has 0 saturated carbocycles. The van der Waals surface area contributed by atoms with Crippen molar-refractivity contribution in [3.63, 3.8) is 0 Å². The van der Waals surface area contributed by atoms with Gasteiger partial charge in [-0.05, 0) is 5.56 Å². The van der Waals surface area contributed by atoms with Crippen LogP contribution in [0.15, 0.2) is 65.7 Å². The Morgan fingerprint density at radius 2 is 1.69 bits per heavy atom. The first-order valence-corrected chi connectivity index (χ1v) is 9.32. The van der Waals surface area contributed by atoms with Crippen LogP contribution in [0.5, 0.6) is 0 Å². The van der Waals surface area contributed by atoms with E-state index in [1.54, 1.807) is 36.2 Å². The van der Waals surface area contributed by atoms with Crippen molar-refractivity contribution in [3.05, 3.63) is 71.8 Å². The Morgan fingerprint density at radius 3 is 2.38 bits per heavy atom. The first kappa shape index (κ1) is 18.7. The number of hydrogen-bond donors (Lipinski definition) is 2. The number of Topliss-reactive ketones (excluding diaryl/α,β-unsaturated/α-hetero) is 1. The van der Waals surface area contributed by atoms with Crippen LogP contribution < -0.4 is 10.6 Å². The fourth-order valence-corrected chi connectivity index (χ4v) is 3.51. The van der Waals surface area contributed by atoms with Crippen LogP contribution in [0.4, 0.5) is 4.79 Å². The van der Waals surface area contributed by atoms with E-state index in [1.807, 2.05) is 36.4 Å². The molecule has 2 fully saturated rings. The van der Waals surface area contributed by atoms with E-state index >= 15 is 0 Å². The monoisotopic (exact) mass is 391 g/mol. The molecule has 2 aliphatic rings. The highest BCUT2D eigenvalue weighted by Gasteiger charge is 2.50. The third-order valence-electron chi connectivity index (χ3n) is 5.08. The summed E-state index contributed by atoms with van der Waals surface area (Å²) in [5, 5.41) is 5.49. The number of nitrogens with zero attached hydrogens (tertiary/aromatic N) is 3. The van der Waals surface area contributed by atoms with E-state index in [-0.39, 0.29) is 12.3 Å². The Balaban J connectivity index is 1.63. The molecule has 0 aromatic heterocycles. The highest BCUT2D eigenvalue weighted by molar-refractivity contribution is 6.06. The highest BCUT2D eigenvalue weighted by Crippen LogP contribution is 2.21. The van der Waals surface area contributed by atoms with E-state index in [2.05, 4.69) is 15.6 Å². The first-order chi connectivity index (χ1) is 14.0. The molecule has 2 saturated heterocycles. The van der Waals surface area contributed by atoms with Crippen LogP contribution in [0.2, 0.25) is 0 Å². The van der Waals surface area contributed by atoms with Gasteiger partial charge in [0.2, 0.25) is 0 Å². The maximum absolute atomic E-state index is 12.8. The molecule has 4 rings (SSSR count). The maximum Gasteiger partial charge on any atom is 0.325 e. The topological polar surface area (TPSA) is 94.1 Å². The molecule has 2 unspecified atom stereocenters. The number of urea groups is 1. The summed E-state index contributed by atoms with van der Waals surface area (Å²) >= 11 is 0. The van der Waals surface area contributed by atoms with E-state index < -0.39 is 24.1 Å². The summed E-state index contributed by atoms with van der Waals surface area (Å²) in [5.74, 6) is -0.158. The number of guanidine groups is 1. The minimum atomic E-state index is -0.736. The molecule has 2 atom stereocenters. The Hall–Kier alpha value is -3.68. The summed E-state index contributed by atoms with van der Waals surface area (Å²) in [6, 6.07) is 17.4. The van der Waals surface area contributed by atoms with Gasteiger partial charge in [0.25, 0.3) is 5.91 Å². The fraction of sp³-hybridized carbons (Fsp3) is 0.238. The predicted molar refractivity (Wildman–Crippen MR) is 107 cm³/mol. The molecule has 2 N–H and O–H groups in total. The molecular formula is C21H21N5O3. The molecule has 2 aromatic rings. The molecule has 8 heteroatoms. The molecule has 148 valence electrons. The third-order valence-corrected chi connectivity index (χ3v) is 5.08. The Labute approximate surface area is 168 Å². The molecule has 2 aliphatic heterocycles. The summed E-state index contributed by atoms with van der Waals surface area (Å²) in [4.78, 5) is 45.1. The zero-order valence-electron chi connectivity index (χ0n) is 15.9. The van der Waals surface area contributed by atoms with Crippen molar-refractivity contribution < 1.29 is 14.4 Å². The lowest BCUT2D eigenvalue weighted by molar-refractivity contribution is -0.126. The maximum atomic E-state index is 12.8. The second kappa shape index (κ2) is 7.75. The molecule has 8 nitrogen and oxygen atoms in total. The van der Waals surface area contributed by atoms with Crippen molar-refractivity contribution in [1.29, 1.82) is 0 Å². The van der Waals surface area contributed by atoms with Crippen LogP contribution in [-0.2, 0) is 11.3 Å². The van der Waals surface area contributed by atoms with Gasteiger partial charge in [-0.25, -0.2) is 9.79 Å². The number of aliphatic imine (C=N–C) groups is 1. The standard InChI is InChI=1S/C21H21N5O3/c1-25-18-17(19(28)24-21(25)29)26(13-16(27)15-10-6-3-7-11-15)20(23-18)22-12-14-8-4-2-5-9-14/h2-11,17-18H,12-13H2,1H3,(H,22,23)(H,24,28,29). The number of amides is 3. The highest BCUT2D eigenvalue weighted by atomic mass is 16.2. The lowest BCUT2D eigenvalue weighted by atomic mass is 10.1. The quantitative estimate of drug-likeness (QED) is 0.747. The number of ketones is 1. The van der Waals surface area contributed by atoms with E-state index in [1.165, 1.54) is 4.90 Å². The molecule has 0 bridgehead atoms. The third kappa shape index (κ3) is 3.69. The predicted octanol–water partition coefficient (Wildman–Crippen LogP) is 1.21. The minimum Gasteiger partial charge on any atom is -0.333 e. The number of carbonyl (C=O) groups excluding carboxylic acids is 3. The van der Waals surface area contributed by atoms with Crippen LogP contribution in [0.1, 0.15) is 15.9 Å². The van der Waals surface area contributed by atoms with Crippen LogP contribution in [0.3, 0.4) is 0 Å². The van der Waals surface area contributed by atoms with Gasteiger partial charge >= 0.3 is 6.03 Å². The van der Waals surface area contributed by atoms with Crippen molar-refractivity contribution in [2.24, 2.45) is 4.99 Å². The molecule has 0 aliphatic carbocycles. The lowest BCUT2D eigenvalue weighted by Gasteiger charge is -2.35. The number of fused-ring (bicyclic) bond motifs is 1. The van der Waals surface area contributed by atoms with Crippen molar-refractivity contribution in [2.75, 3.05) is 13.6 Å². The van der Waals surface area contributed by atoms with Gasteiger partial charge in [-0.2, -0.15) is 0 Å². The van der Waals surface area contributed by atoms with Gasteiger partial charge in [-0.1, -0.05) is 60.7 Å². The van der Waals surface area contributed by atoms with Gasteiger partial charge in [-0.3, -0.25) is 14.9 Å². The van der Waals surface area contributed by atoms with E-state index in [0.717, 1.165) is 5.56 Å². The average molecular weight is 391 g/mol. The van der Waals surface area contributed by atoms with Gasteiger partial charge in [0.05, 0.1) is 13.1 Å². The number of nitrogens with one attached hydrogen (secondary N) is 2. The van der Waals surface area contributed by atoms with Gasteiger partial charge in [0.1, 0.15) is 6.17 Å². The molecule has 29 heavy (non-hydrogen) atoms. The zero-order valence-corrected chi connectivity index (χ0v) is 15.9. The normalized spacial score (nSPS) is 22.3. The van der Waals surface area contributed by atoms with Gasteiger partial charge < -0.3 is 15.1 Å². The summed E-state index contributed by atoms with van der Waals surface area (Å²) in [6.45, 7) is 0.360. The fourth-order valence-electron chi connectivity index (χ4n) is 3.51. The smallest absolute Gasteiger partial charge is 0.325 e. The first-order valence-electron chi connectivity index (χ1n) is 9.32. The van der Waals surface area contributed by atoms with E-state index in [9.17, 15) is 14.4 Å². The molecule has 0 spiro atoms. The number of benzene rings is 2. The summed E-state index contributed by atoms with van der Waals surface area (Å²) in [7, 11) is 1.60. The minimum absolute atomic E-state index is 0.0265. The van der Waals surface area contributed by atoms with E-state index in [4.69, 9.17) is 0 Å². The second-order valence-electron chi connectivity index (χ2n) is 6.98. The van der Waals surface area contributed by atoms with Gasteiger partial charge in [-0.15, -0.1) is 0 Å². The Morgan fingerprint density at radius 1 is 1.03 bits per heavy atom. The van der Waals surface area contributed by atoms with Gasteiger partial charge in [0.15, 0.2) is 17.8 Å². The van der Waals surface area contributed by atoms with Crippen LogP contribution in [0.25, 0.3) is 0 Å². The summed E-state index contributed by atoms with van der Waals surface area (Å²) < 4.78 is 0. The van der Waals surface area contributed by atoms with Crippen LogP contribution in [-0.4, -0.2) is 59.3 Å². The van der Waals surface area contributed by atoms with E-state index in [0.29, 0.717) is 18.1 Å². The van der Waals surface area contributed by atoms with Crippen molar-refractivity contribution in [2.45, 2.75) is 18.8 Å². The number of imide groups is 1. The molecule has 3 amide bonds. The summed E-state index contributed by atoms with van der Waals surface area (Å²) in [5.41, 5.74) is 1.55. The molecule has 2 heterocycles. The summed E-state index contributed by atoms with van der Waals surface area (Å²) in [6.07, 6.45) is -0.589. The Kier molecular flexibility index (Phi) is 4.99. The largest absolute Gasteiger partial charge is 0.333 e. The molecule has 2 aromatic carbocycles. The number of hydrogen-bond acceptors (Lipinski definition) is 4. The molecular weight excluding hydrogens is 370 g/mol. The SMILES string of the molecule is CN1C(=O)NC(=O)C2C1NC(=NCc1ccccc1)N2CC(=O)c1ccccc1. The average Bonchev–Trinajstić information content (AvgIpc) is 3.11. The van der Waals surface area contributed by atoms with Crippen LogP contribution in [0, 0.1) is 0 Å².